The van der Waals surface area contributed by atoms with Crippen LogP contribution in [0.3, 0.4) is 0 Å². The van der Waals surface area contributed by atoms with Gasteiger partial charge in [0.15, 0.2) is 11.5 Å². The van der Waals surface area contributed by atoms with Crippen molar-refractivity contribution >= 4 is 46.6 Å². The Morgan fingerprint density at radius 1 is 1.00 bits per heavy atom. The van der Waals surface area contributed by atoms with Crippen molar-refractivity contribution in [2.24, 2.45) is 0 Å². The number of hydrogen-bond donors (Lipinski definition) is 3. The minimum absolute atomic E-state index is 0.0588. The van der Waals surface area contributed by atoms with E-state index in [-0.39, 0.29) is 27.1 Å². The summed E-state index contributed by atoms with van der Waals surface area (Å²) in [4.78, 5) is 40.3. The van der Waals surface area contributed by atoms with Crippen LogP contribution in [0.4, 0.5) is 18.9 Å². The van der Waals surface area contributed by atoms with Crippen molar-refractivity contribution in [1.82, 2.24) is 25.6 Å². The summed E-state index contributed by atoms with van der Waals surface area (Å²) in [7, 11) is 0. The van der Waals surface area contributed by atoms with Crippen molar-refractivity contribution in [3.63, 3.8) is 0 Å². The number of carbonyl (C=O) groups is 3. The average molecular weight is 501 g/mol. The number of amides is 3. The van der Waals surface area contributed by atoms with E-state index in [9.17, 15) is 27.6 Å². The predicted molar refractivity (Wildman–Crippen MR) is 112 cm³/mol. The summed E-state index contributed by atoms with van der Waals surface area (Å²) in [5.41, 5.74) is 1.87. The fourth-order valence-corrected chi connectivity index (χ4v) is 3.03. The molecule has 14 heteroatoms. The number of alkyl halides is 3. The van der Waals surface area contributed by atoms with Gasteiger partial charge in [-0.25, -0.2) is 9.67 Å². The lowest BCUT2D eigenvalue weighted by atomic mass is 10.1. The number of nitrogens with zero attached hydrogens (tertiary/aromatic N) is 3. The SMILES string of the molecule is CC(=O)NNC(=O)c1cccc(Cl)c1NC(=O)c1cc(C(F)(F)F)nn1-c1ncccc1Cl. The molecule has 3 rings (SSSR count). The van der Waals surface area contributed by atoms with Crippen LogP contribution in [-0.2, 0) is 11.0 Å². The zero-order valence-corrected chi connectivity index (χ0v) is 18.0. The summed E-state index contributed by atoms with van der Waals surface area (Å²) < 4.78 is 40.5. The first-order chi connectivity index (χ1) is 15.5. The van der Waals surface area contributed by atoms with Crippen LogP contribution in [0, 0.1) is 0 Å². The van der Waals surface area contributed by atoms with Gasteiger partial charge >= 0.3 is 6.18 Å². The molecule has 3 amide bonds. The fourth-order valence-electron chi connectivity index (χ4n) is 2.61. The van der Waals surface area contributed by atoms with Gasteiger partial charge in [-0.2, -0.15) is 18.3 Å². The number of carbonyl (C=O) groups excluding carboxylic acids is 3. The molecule has 0 spiro atoms. The third kappa shape index (κ3) is 5.41. The highest BCUT2D eigenvalue weighted by Crippen LogP contribution is 2.32. The van der Waals surface area contributed by atoms with Crippen molar-refractivity contribution in [3.05, 3.63) is 69.6 Å². The number of para-hydroxylation sites is 1. The van der Waals surface area contributed by atoms with E-state index in [1.807, 2.05) is 0 Å². The number of halogens is 5. The molecule has 3 aromatic rings. The van der Waals surface area contributed by atoms with Crippen molar-refractivity contribution in [2.45, 2.75) is 13.1 Å². The minimum Gasteiger partial charge on any atom is -0.319 e. The number of anilines is 1. The molecule has 172 valence electrons. The second-order valence-electron chi connectivity index (χ2n) is 6.39. The number of hydrazine groups is 1. The molecule has 2 heterocycles. The van der Waals surface area contributed by atoms with Crippen LogP contribution in [-0.4, -0.2) is 32.5 Å². The van der Waals surface area contributed by atoms with Crippen molar-refractivity contribution in [2.75, 3.05) is 5.32 Å². The van der Waals surface area contributed by atoms with Crippen molar-refractivity contribution < 1.29 is 27.6 Å². The topological polar surface area (TPSA) is 118 Å². The van der Waals surface area contributed by atoms with Gasteiger partial charge in [0, 0.05) is 19.2 Å². The standard InChI is InChI=1S/C19H13Cl2F3N6O3/c1-9(31)27-28-17(32)10-4-2-5-11(20)15(10)26-18(33)13-8-14(19(22,23)24)29-30(13)16-12(21)6-3-7-25-16/h2-8H,1H3,(H,26,33)(H,27,31)(H,28,32). The quantitative estimate of drug-likeness (QED) is 0.472. The van der Waals surface area contributed by atoms with Gasteiger partial charge in [0.1, 0.15) is 5.69 Å². The van der Waals surface area contributed by atoms with E-state index in [4.69, 9.17) is 23.2 Å². The Labute approximate surface area is 193 Å². The summed E-state index contributed by atoms with van der Waals surface area (Å²) in [6, 6.07) is 7.35. The second kappa shape index (κ2) is 9.46. The minimum atomic E-state index is -4.87. The lowest BCUT2D eigenvalue weighted by molar-refractivity contribution is -0.141. The summed E-state index contributed by atoms with van der Waals surface area (Å²) in [6.07, 6.45) is -3.61. The monoisotopic (exact) mass is 500 g/mol. The molecule has 0 atom stereocenters. The number of nitrogens with one attached hydrogen (secondary N) is 3. The average Bonchev–Trinajstić information content (AvgIpc) is 3.19. The van der Waals surface area contributed by atoms with Gasteiger partial charge in [0.05, 0.1) is 21.3 Å². The van der Waals surface area contributed by atoms with Gasteiger partial charge in [-0.15, -0.1) is 0 Å². The normalized spacial score (nSPS) is 11.1. The highest BCUT2D eigenvalue weighted by molar-refractivity contribution is 6.35. The van der Waals surface area contributed by atoms with Gasteiger partial charge in [-0.1, -0.05) is 29.3 Å². The molecule has 3 N–H and O–H groups in total. The van der Waals surface area contributed by atoms with Crippen molar-refractivity contribution in [3.8, 4) is 5.82 Å². The maximum atomic E-state index is 13.3. The van der Waals surface area contributed by atoms with E-state index in [1.165, 1.54) is 36.5 Å². The van der Waals surface area contributed by atoms with Crippen LogP contribution in [0.2, 0.25) is 10.0 Å². The summed E-state index contributed by atoms with van der Waals surface area (Å²) >= 11 is 12.1. The van der Waals surface area contributed by atoms with E-state index >= 15 is 0 Å². The number of aromatic nitrogens is 3. The molecular weight excluding hydrogens is 488 g/mol. The first-order valence-electron chi connectivity index (χ1n) is 8.94. The molecule has 0 saturated carbocycles. The Morgan fingerprint density at radius 3 is 2.33 bits per heavy atom. The summed E-state index contributed by atoms with van der Waals surface area (Å²) in [6.45, 7) is 1.16. The molecule has 0 aliphatic carbocycles. The van der Waals surface area contributed by atoms with Crippen molar-refractivity contribution in [1.29, 1.82) is 0 Å². The zero-order valence-electron chi connectivity index (χ0n) is 16.5. The molecule has 0 saturated heterocycles. The van der Waals surface area contributed by atoms with E-state index in [0.717, 1.165) is 6.92 Å². The number of pyridine rings is 1. The number of benzene rings is 1. The smallest absolute Gasteiger partial charge is 0.319 e. The molecule has 0 aliphatic heterocycles. The molecular formula is C19H13Cl2F3N6O3. The third-order valence-corrected chi connectivity index (χ3v) is 4.63. The van der Waals surface area contributed by atoms with Crippen LogP contribution in [0.5, 0.6) is 0 Å². The third-order valence-electron chi connectivity index (χ3n) is 4.02. The van der Waals surface area contributed by atoms with E-state index in [0.29, 0.717) is 10.7 Å². The summed E-state index contributed by atoms with van der Waals surface area (Å²) in [5.74, 6) is -2.70. The van der Waals surface area contributed by atoms with Crippen LogP contribution >= 0.6 is 23.2 Å². The van der Waals surface area contributed by atoms with Gasteiger partial charge < -0.3 is 5.32 Å². The first-order valence-corrected chi connectivity index (χ1v) is 9.69. The maximum absolute atomic E-state index is 13.3. The Bertz CT molecular complexity index is 1250. The van der Waals surface area contributed by atoms with Crippen LogP contribution in [0.25, 0.3) is 5.82 Å². The molecule has 1 aromatic carbocycles. The molecule has 2 aromatic heterocycles. The molecule has 0 aliphatic rings. The van der Waals surface area contributed by atoms with Crippen LogP contribution < -0.4 is 16.2 Å². The van der Waals surface area contributed by atoms with Gasteiger partial charge in [0.2, 0.25) is 5.91 Å². The van der Waals surface area contributed by atoms with E-state index in [1.54, 1.807) is 0 Å². The Balaban J connectivity index is 2.04. The predicted octanol–water partition coefficient (Wildman–Crippen LogP) is 3.63. The number of rotatable bonds is 4. The van der Waals surface area contributed by atoms with E-state index < -0.39 is 35.3 Å². The largest absolute Gasteiger partial charge is 0.435 e. The van der Waals surface area contributed by atoms with Gasteiger partial charge in [-0.3, -0.25) is 25.2 Å². The Hall–Kier alpha value is -3.64. The number of hydrogen-bond acceptors (Lipinski definition) is 5. The molecule has 9 nitrogen and oxygen atoms in total. The molecule has 33 heavy (non-hydrogen) atoms. The van der Waals surface area contributed by atoms with Crippen LogP contribution in [0.1, 0.15) is 33.5 Å². The first kappa shape index (κ1) is 24.0. The Kier molecular flexibility index (Phi) is 6.89. The second-order valence-corrected chi connectivity index (χ2v) is 7.20. The highest BCUT2D eigenvalue weighted by Gasteiger charge is 2.36. The zero-order chi connectivity index (χ0) is 24.3. The molecule has 0 unspecified atom stereocenters. The fraction of sp³-hybridized carbons (Fsp3) is 0.105. The lowest BCUT2D eigenvalue weighted by Gasteiger charge is -2.14. The lowest BCUT2D eigenvalue weighted by Crippen LogP contribution is -2.40. The highest BCUT2D eigenvalue weighted by atomic mass is 35.5. The van der Waals surface area contributed by atoms with Gasteiger partial charge in [0.25, 0.3) is 11.8 Å². The maximum Gasteiger partial charge on any atom is 0.435 e. The summed E-state index contributed by atoms with van der Waals surface area (Å²) in [5, 5.41) is 5.60. The Morgan fingerprint density at radius 2 is 1.70 bits per heavy atom. The van der Waals surface area contributed by atoms with Crippen LogP contribution in [0.15, 0.2) is 42.6 Å². The molecule has 0 radical (unpaired) electrons. The van der Waals surface area contributed by atoms with Gasteiger partial charge in [-0.05, 0) is 24.3 Å². The van der Waals surface area contributed by atoms with E-state index in [2.05, 4.69) is 26.3 Å². The molecule has 0 bridgehead atoms. The molecule has 0 fully saturated rings.